The average molecular weight is 374 g/mol. The van der Waals surface area contributed by atoms with Crippen LogP contribution in [0.25, 0.3) is 0 Å². The van der Waals surface area contributed by atoms with Crippen molar-refractivity contribution in [3.63, 3.8) is 0 Å². The molecule has 0 amide bonds. The minimum absolute atomic E-state index is 0.0666. The van der Waals surface area contributed by atoms with Crippen LogP contribution in [0.15, 0.2) is 34.8 Å². The van der Waals surface area contributed by atoms with Gasteiger partial charge in [0.05, 0.1) is 15.6 Å². The summed E-state index contributed by atoms with van der Waals surface area (Å²) in [6.07, 6.45) is 0. The Kier molecular flexibility index (Phi) is 4.58. The SMILES string of the molecule is Cc1cccc(C(=N)N)c1Oc1cc(Cl)c(Br)cc1Cl. The first kappa shape index (κ1) is 15.2. The number of ether oxygens (including phenoxy) is 1. The van der Waals surface area contributed by atoms with Crippen LogP contribution >= 0.6 is 39.1 Å². The molecule has 0 bridgehead atoms. The van der Waals surface area contributed by atoms with Gasteiger partial charge in [-0.15, -0.1) is 0 Å². The van der Waals surface area contributed by atoms with Crippen molar-refractivity contribution in [2.75, 3.05) is 0 Å². The van der Waals surface area contributed by atoms with Gasteiger partial charge in [0.15, 0.2) is 0 Å². The zero-order chi connectivity index (χ0) is 14.9. The van der Waals surface area contributed by atoms with Gasteiger partial charge in [-0.1, -0.05) is 35.3 Å². The van der Waals surface area contributed by atoms with E-state index in [2.05, 4.69) is 15.9 Å². The number of amidine groups is 1. The molecule has 3 N–H and O–H groups in total. The zero-order valence-electron chi connectivity index (χ0n) is 10.5. The second kappa shape index (κ2) is 6.04. The predicted molar refractivity (Wildman–Crippen MR) is 86.4 cm³/mol. The maximum Gasteiger partial charge on any atom is 0.147 e. The van der Waals surface area contributed by atoms with Gasteiger partial charge >= 0.3 is 0 Å². The molecule has 20 heavy (non-hydrogen) atoms. The number of benzene rings is 2. The van der Waals surface area contributed by atoms with E-state index in [4.69, 9.17) is 39.1 Å². The normalized spacial score (nSPS) is 10.4. The fourth-order valence-electron chi connectivity index (χ4n) is 1.69. The molecule has 0 saturated heterocycles. The van der Waals surface area contributed by atoms with Gasteiger partial charge in [-0.3, -0.25) is 5.41 Å². The molecule has 0 radical (unpaired) electrons. The highest BCUT2D eigenvalue weighted by Gasteiger charge is 2.14. The van der Waals surface area contributed by atoms with Crippen LogP contribution in [0.1, 0.15) is 11.1 Å². The molecule has 0 unspecified atom stereocenters. The highest BCUT2D eigenvalue weighted by atomic mass is 79.9. The van der Waals surface area contributed by atoms with Crippen molar-refractivity contribution in [2.45, 2.75) is 6.92 Å². The molecule has 0 saturated carbocycles. The summed E-state index contributed by atoms with van der Waals surface area (Å²) in [5.41, 5.74) is 6.93. The second-order valence-electron chi connectivity index (χ2n) is 4.16. The standard InChI is InChI=1S/C14H11BrCl2N2O/c1-7-3-2-4-8(14(18)19)13(7)20-12-6-10(16)9(15)5-11(12)17/h2-6H,1H3,(H3,18,19). The molecule has 6 heteroatoms. The number of nitrogens with one attached hydrogen (secondary N) is 1. The molecule has 104 valence electrons. The molecular formula is C14H11BrCl2N2O. The average Bonchev–Trinajstić information content (AvgIpc) is 2.37. The minimum Gasteiger partial charge on any atom is -0.455 e. The quantitative estimate of drug-likeness (QED) is 0.444. The molecule has 2 aromatic rings. The van der Waals surface area contributed by atoms with Gasteiger partial charge in [0, 0.05) is 10.5 Å². The van der Waals surface area contributed by atoms with E-state index in [0.29, 0.717) is 31.6 Å². The maximum atomic E-state index is 7.60. The van der Waals surface area contributed by atoms with E-state index in [1.165, 1.54) is 0 Å². The molecule has 0 aliphatic heterocycles. The Labute approximate surface area is 135 Å². The second-order valence-corrected chi connectivity index (χ2v) is 5.83. The van der Waals surface area contributed by atoms with Crippen LogP contribution in [0.5, 0.6) is 11.5 Å². The minimum atomic E-state index is -0.0666. The Hall–Kier alpha value is -1.23. The Morgan fingerprint density at radius 2 is 1.95 bits per heavy atom. The van der Waals surface area contributed by atoms with E-state index in [0.717, 1.165) is 5.56 Å². The number of nitrogen functional groups attached to an aromatic ring is 1. The largest absolute Gasteiger partial charge is 0.455 e. The summed E-state index contributed by atoms with van der Waals surface area (Å²) in [5, 5.41) is 8.50. The molecule has 3 nitrogen and oxygen atoms in total. The van der Waals surface area contributed by atoms with Gasteiger partial charge in [0.2, 0.25) is 0 Å². The van der Waals surface area contributed by atoms with Crippen molar-refractivity contribution < 1.29 is 4.74 Å². The number of aryl methyl sites for hydroxylation is 1. The summed E-state index contributed by atoms with van der Waals surface area (Å²) < 4.78 is 6.50. The summed E-state index contributed by atoms with van der Waals surface area (Å²) in [4.78, 5) is 0. The van der Waals surface area contributed by atoms with Crippen LogP contribution in [0, 0.1) is 12.3 Å². The third kappa shape index (κ3) is 3.08. The van der Waals surface area contributed by atoms with Crippen molar-refractivity contribution in [1.29, 1.82) is 5.41 Å². The van der Waals surface area contributed by atoms with Crippen LogP contribution in [0.3, 0.4) is 0 Å². The first-order valence-corrected chi connectivity index (χ1v) is 7.21. The van der Waals surface area contributed by atoms with E-state index in [9.17, 15) is 0 Å². The third-order valence-electron chi connectivity index (χ3n) is 2.69. The summed E-state index contributed by atoms with van der Waals surface area (Å²) in [6.45, 7) is 1.87. The third-order valence-corrected chi connectivity index (χ3v) is 4.18. The van der Waals surface area contributed by atoms with E-state index < -0.39 is 0 Å². The van der Waals surface area contributed by atoms with Gasteiger partial charge in [-0.05, 0) is 40.5 Å². The lowest BCUT2D eigenvalue weighted by Gasteiger charge is -2.14. The van der Waals surface area contributed by atoms with Gasteiger partial charge < -0.3 is 10.5 Å². The lowest BCUT2D eigenvalue weighted by Crippen LogP contribution is -2.12. The molecule has 0 aliphatic carbocycles. The molecule has 2 aromatic carbocycles. The molecule has 0 atom stereocenters. The van der Waals surface area contributed by atoms with Crippen molar-refractivity contribution in [3.8, 4) is 11.5 Å². The summed E-state index contributed by atoms with van der Waals surface area (Å²) >= 11 is 15.5. The monoisotopic (exact) mass is 372 g/mol. The first-order valence-electron chi connectivity index (χ1n) is 5.66. The van der Waals surface area contributed by atoms with Crippen molar-refractivity contribution in [3.05, 3.63) is 56.0 Å². The Morgan fingerprint density at radius 1 is 1.25 bits per heavy atom. The fraction of sp³-hybridized carbons (Fsp3) is 0.0714. The Balaban J connectivity index is 2.50. The number of hydrogen-bond donors (Lipinski definition) is 2. The zero-order valence-corrected chi connectivity index (χ0v) is 13.6. The summed E-state index contributed by atoms with van der Waals surface area (Å²) in [6, 6.07) is 8.68. The van der Waals surface area contributed by atoms with E-state index in [1.54, 1.807) is 18.2 Å². The smallest absolute Gasteiger partial charge is 0.147 e. The lowest BCUT2D eigenvalue weighted by atomic mass is 10.1. The Morgan fingerprint density at radius 3 is 2.60 bits per heavy atom. The molecule has 2 rings (SSSR count). The number of rotatable bonds is 3. The molecule has 0 aliphatic rings. The molecule has 0 fully saturated rings. The van der Waals surface area contributed by atoms with Crippen LogP contribution < -0.4 is 10.5 Å². The molecule has 0 heterocycles. The van der Waals surface area contributed by atoms with Gasteiger partial charge in [0.1, 0.15) is 17.3 Å². The summed E-state index contributed by atoms with van der Waals surface area (Å²) in [7, 11) is 0. The molecule has 0 spiro atoms. The van der Waals surface area contributed by atoms with Crippen LogP contribution in [-0.2, 0) is 0 Å². The van der Waals surface area contributed by atoms with E-state index in [-0.39, 0.29) is 5.84 Å². The van der Waals surface area contributed by atoms with Crippen LogP contribution in [0.4, 0.5) is 0 Å². The number of nitrogens with two attached hydrogens (primary N) is 1. The highest BCUT2D eigenvalue weighted by molar-refractivity contribution is 9.10. The van der Waals surface area contributed by atoms with Crippen molar-refractivity contribution >= 4 is 45.0 Å². The summed E-state index contributed by atoms with van der Waals surface area (Å²) in [5.74, 6) is 0.847. The number of hydrogen-bond acceptors (Lipinski definition) is 2. The first-order chi connectivity index (χ1) is 9.40. The van der Waals surface area contributed by atoms with Crippen molar-refractivity contribution in [1.82, 2.24) is 0 Å². The number of para-hydroxylation sites is 1. The van der Waals surface area contributed by atoms with Gasteiger partial charge in [0.25, 0.3) is 0 Å². The topological polar surface area (TPSA) is 59.1 Å². The maximum absolute atomic E-state index is 7.60. The van der Waals surface area contributed by atoms with Crippen LogP contribution in [0.2, 0.25) is 10.0 Å². The molecular weight excluding hydrogens is 363 g/mol. The fourth-order valence-corrected chi connectivity index (χ4v) is 2.52. The molecule has 0 aromatic heterocycles. The van der Waals surface area contributed by atoms with E-state index >= 15 is 0 Å². The van der Waals surface area contributed by atoms with Crippen molar-refractivity contribution in [2.24, 2.45) is 5.73 Å². The highest BCUT2D eigenvalue weighted by Crippen LogP contribution is 2.38. The predicted octanol–water partition coefficient (Wildman–Crippen LogP) is 5.14. The van der Waals surface area contributed by atoms with E-state index in [1.807, 2.05) is 19.1 Å². The Bertz CT molecular complexity index is 689. The van der Waals surface area contributed by atoms with Crippen LogP contribution in [-0.4, -0.2) is 5.84 Å². The van der Waals surface area contributed by atoms with Gasteiger partial charge in [-0.2, -0.15) is 0 Å². The lowest BCUT2D eigenvalue weighted by molar-refractivity contribution is 0.478. The van der Waals surface area contributed by atoms with Gasteiger partial charge in [-0.25, -0.2) is 0 Å². The number of halogens is 3.